The lowest BCUT2D eigenvalue weighted by Gasteiger charge is -2.26. The van der Waals surface area contributed by atoms with Gasteiger partial charge in [-0.1, -0.05) is 18.9 Å². The average molecular weight is 348 g/mol. The van der Waals surface area contributed by atoms with E-state index in [9.17, 15) is 9.59 Å². The second kappa shape index (κ2) is 7.47. The van der Waals surface area contributed by atoms with Gasteiger partial charge in [0, 0.05) is 11.7 Å². The molecule has 1 aliphatic carbocycles. The van der Waals surface area contributed by atoms with E-state index in [0.29, 0.717) is 23.1 Å². The van der Waals surface area contributed by atoms with E-state index in [-0.39, 0.29) is 17.7 Å². The predicted octanol–water partition coefficient (Wildman–Crippen LogP) is 3.03. The SMILES string of the molecule is COc1cc(C)ccc1NC(=O)[C@@H]1CSCN1C(=O)C1CCCC1. The summed E-state index contributed by atoms with van der Waals surface area (Å²) in [6.07, 6.45) is 4.16. The Hall–Kier alpha value is -1.69. The van der Waals surface area contributed by atoms with Gasteiger partial charge in [-0.15, -0.1) is 11.8 Å². The first kappa shape index (κ1) is 17.1. The zero-order valence-electron chi connectivity index (χ0n) is 14.2. The smallest absolute Gasteiger partial charge is 0.248 e. The van der Waals surface area contributed by atoms with Crippen LogP contribution >= 0.6 is 11.8 Å². The molecule has 2 fully saturated rings. The number of ether oxygens (including phenoxy) is 1. The Labute approximate surface area is 147 Å². The number of amides is 2. The zero-order chi connectivity index (χ0) is 17.1. The van der Waals surface area contributed by atoms with Crippen molar-refractivity contribution in [1.29, 1.82) is 0 Å². The largest absolute Gasteiger partial charge is 0.495 e. The Morgan fingerprint density at radius 3 is 2.75 bits per heavy atom. The number of carbonyl (C=O) groups is 2. The van der Waals surface area contributed by atoms with Crippen LogP contribution in [-0.2, 0) is 9.59 Å². The van der Waals surface area contributed by atoms with Crippen LogP contribution in [0.25, 0.3) is 0 Å². The molecule has 130 valence electrons. The Balaban J connectivity index is 1.70. The van der Waals surface area contributed by atoms with Crippen LogP contribution in [0.1, 0.15) is 31.2 Å². The first-order valence-electron chi connectivity index (χ1n) is 8.44. The van der Waals surface area contributed by atoms with Crippen LogP contribution < -0.4 is 10.1 Å². The number of carbonyl (C=O) groups excluding carboxylic acids is 2. The molecule has 5 nitrogen and oxygen atoms in total. The number of hydrogen-bond acceptors (Lipinski definition) is 4. The van der Waals surface area contributed by atoms with Crippen molar-refractivity contribution in [3.8, 4) is 5.75 Å². The first-order chi connectivity index (χ1) is 11.6. The molecule has 0 bridgehead atoms. The van der Waals surface area contributed by atoms with Crippen molar-refractivity contribution in [3.05, 3.63) is 23.8 Å². The van der Waals surface area contributed by atoms with Gasteiger partial charge < -0.3 is 15.0 Å². The highest BCUT2D eigenvalue weighted by Gasteiger charge is 2.38. The summed E-state index contributed by atoms with van der Waals surface area (Å²) < 4.78 is 5.34. The molecule has 1 N–H and O–H groups in total. The molecule has 2 aliphatic rings. The molecule has 1 aromatic rings. The van der Waals surface area contributed by atoms with Crippen molar-refractivity contribution in [1.82, 2.24) is 4.90 Å². The topological polar surface area (TPSA) is 58.6 Å². The number of rotatable bonds is 4. The number of nitrogens with zero attached hydrogens (tertiary/aromatic N) is 1. The maximum absolute atomic E-state index is 12.7. The third kappa shape index (κ3) is 3.53. The molecule has 1 saturated heterocycles. The Morgan fingerprint density at radius 1 is 1.29 bits per heavy atom. The second-order valence-corrected chi connectivity index (χ2v) is 7.50. The second-order valence-electron chi connectivity index (χ2n) is 6.50. The zero-order valence-corrected chi connectivity index (χ0v) is 15.0. The number of methoxy groups -OCH3 is 1. The summed E-state index contributed by atoms with van der Waals surface area (Å²) in [5, 5.41) is 2.93. The summed E-state index contributed by atoms with van der Waals surface area (Å²) in [5.41, 5.74) is 1.72. The Morgan fingerprint density at radius 2 is 2.04 bits per heavy atom. The quantitative estimate of drug-likeness (QED) is 0.909. The lowest BCUT2D eigenvalue weighted by molar-refractivity contribution is -0.139. The third-order valence-electron chi connectivity index (χ3n) is 4.79. The predicted molar refractivity (Wildman–Crippen MR) is 96.3 cm³/mol. The van der Waals surface area contributed by atoms with Crippen LogP contribution in [0.5, 0.6) is 5.75 Å². The monoisotopic (exact) mass is 348 g/mol. The van der Waals surface area contributed by atoms with Crippen LogP contribution in [0.2, 0.25) is 0 Å². The minimum Gasteiger partial charge on any atom is -0.495 e. The van der Waals surface area contributed by atoms with Gasteiger partial charge in [0.15, 0.2) is 0 Å². The fourth-order valence-electron chi connectivity index (χ4n) is 3.40. The fraction of sp³-hybridized carbons (Fsp3) is 0.556. The van der Waals surface area contributed by atoms with Crippen LogP contribution in [0.4, 0.5) is 5.69 Å². The number of hydrogen-bond donors (Lipinski definition) is 1. The number of thioether (sulfide) groups is 1. The highest BCUT2D eigenvalue weighted by Crippen LogP contribution is 2.32. The van der Waals surface area contributed by atoms with Gasteiger partial charge in [0.05, 0.1) is 18.7 Å². The van der Waals surface area contributed by atoms with Gasteiger partial charge in [0.2, 0.25) is 11.8 Å². The van der Waals surface area contributed by atoms with Gasteiger partial charge in [0.25, 0.3) is 0 Å². The molecule has 1 aromatic carbocycles. The van der Waals surface area contributed by atoms with Gasteiger partial charge in [-0.05, 0) is 37.5 Å². The molecular weight excluding hydrogens is 324 g/mol. The Kier molecular flexibility index (Phi) is 5.33. The lowest BCUT2D eigenvalue weighted by atomic mass is 10.1. The molecule has 0 spiro atoms. The van der Waals surface area contributed by atoms with Crippen molar-refractivity contribution < 1.29 is 14.3 Å². The van der Waals surface area contributed by atoms with Crippen molar-refractivity contribution in [3.63, 3.8) is 0 Å². The molecule has 3 rings (SSSR count). The van der Waals surface area contributed by atoms with Crippen LogP contribution in [0.15, 0.2) is 18.2 Å². The molecular formula is C18H24N2O3S. The third-order valence-corrected chi connectivity index (χ3v) is 5.80. The molecule has 1 atom stereocenters. The maximum atomic E-state index is 12.7. The van der Waals surface area contributed by atoms with E-state index in [1.54, 1.807) is 23.8 Å². The van der Waals surface area contributed by atoms with E-state index < -0.39 is 6.04 Å². The minimum absolute atomic E-state index is 0.105. The standard InChI is InChI=1S/C18H24N2O3S/c1-12-7-8-14(16(9-12)23-2)19-17(21)15-10-24-11-20(15)18(22)13-5-3-4-6-13/h7-9,13,15H,3-6,10-11H2,1-2H3,(H,19,21)/t15-/m0/s1. The van der Waals surface area contributed by atoms with E-state index in [0.717, 1.165) is 31.2 Å². The molecule has 6 heteroatoms. The van der Waals surface area contributed by atoms with Gasteiger partial charge in [-0.3, -0.25) is 9.59 Å². The summed E-state index contributed by atoms with van der Waals surface area (Å²) in [4.78, 5) is 27.2. The molecule has 1 heterocycles. The number of nitrogens with one attached hydrogen (secondary N) is 1. The molecule has 0 aromatic heterocycles. The van der Waals surface area contributed by atoms with Crippen molar-refractivity contribution in [2.45, 2.75) is 38.6 Å². The maximum Gasteiger partial charge on any atom is 0.248 e. The van der Waals surface area contributed by atoms with Crippen molar-refractivity contribution in [2.24, 2.45) is 5.92 Å². The van der Waals surface area contributed by atoms with Crippen molar-refractivity contribution >= 4 is 29.3 Å². The molecule has 1 saturated carbocycles. The van der Waals surface area contributed by atoms with E-state index in [1.165, 1.54) is 0 Å². The molecule has 0 radical (unpaired) electrons. The summed E-state index contributed by atoms with van der Waals surface area (Å²) >= 11 is 1.64. The van der Waals surface area contributed by atoms with E-state index >= 15 is 0 Å². The van der Waals surface area contributed by atoms with E-state index in [4.69, 9.17) is 4.74 Å². The minimum atomic E-state index is -0.394. The highest BCUT2D eigenvalue weighted by atomic mass is 32.2. The van der Waals surface area contributed by atoms with Crippen molar-refractivity contribution in [2.75, 3.05) is 24.1 Å². The van der Waals surface area contributed by atoms with Crippen LogP contribution in [0, 0.1) is 12.8 Å². The van der Waals surface area contributed by atoms with Gasteiger partial charge in [0.1, 0.15) is 11.8 Å². The molecule has 1 aliphatic heterocycles. The summed E-state index contributed by atoms with van der Waals surface area (Å²) in [5.74, 6) is 2.02. The van der Waals surface area contributed by atoms with Gasteiger partial charge in [-0.25, -0.2) is 0 Å². The first-order valence-corrected chi connectivity index (χ1v) is 9.59. The number of benzene rings is 1. The van der Waals surface area contributed by atoms with Gasteiger partial charge in [-0.2, -0.15) is 0 Å². The Bertz CT molecular complexity index is 629. The fourth-order valence-corrected chi connectivity index (χ4v) is 4.57. The lowest BCUT2D eigenvalue weighted by Crippen LogP contribution is -2.46. The molecule has 2 amide bonds. The van der Waals surface area contributed by atoms with Crippen LogP contribution in [-0.4, -0.2) is 41.5 Å². The van der Waals surface area contributed by atoms with Gasteiger partial charge >= 0.3 is 0 Å². The summed E-state index contributed by atoms with van der Waals surface area (Å²) in [6, 6.07) is 5.27. The van der Waals surface area contributed by atoms with E-state index in [1.807, 2.05) is 25.1 Å². The number of anilines is 1. The summed E-state index contributed by atoms with van der Waals surface area (Å²) in [7, 11) is 1.59. The molecule has 0 unspecified atom stereocenters. The highest BCUT2D eigenvalue weighted by molar-refractivity contribution is 7.99. The molecule has 24 heavy (non-hydrogen) atoms. The normalized spacial score (nSPS) is 21.1. The number of aryl methyl sites for hydroxylation is 1. The summed E-state index contributed by atoms with van der Waals surface area (Å²) in [6.45, 7) is 1.98. The average Bonchev–Trinajstić information content (AvgIpc) is 3.27. The van der Waals surface area contributed by atoms with Crippen LogP contribution in [0.3, 0.4) is 0 Å². The van der Waals surface area contributed by atoms with E-state index in [2.05, 4.69) is 5.32 Å².